The molecule has 1 aromatic rings. The first-order chi connectivity index (χ1) is 8.74. The predicted octanol–water partition coefficient (Wildman–Crippen LogP) is 3.06. The molecule has 0 amide bonds. The second kappa shape index (κ2) is 7.92. The lowest BCUT2D eigenvalue weighted by molar-refractivity contribution is 0.325. The monoisotopic (exact) mass is 244 g/mol. The van der Waals surface area contributed by atoms with E-state index in [4.69, 9.17) is 12.3 Å². The SMILES string of the molecule is C#CCCC(NN)C(c1ccccc1)C(C)CC. The number of rotatable bonds is 7. The molecule has 98 valence electrons. The number of hydrogen-bond acceptors (Lipinski definition) is 2. The molecule has 0 fully saturated rings. The Hall–Kier alpha value is -1.30. The van der Waals surface area contributed by atoms with Crippen molar-refractivity contribution in [1.29, 1.82) is 0 Å². The topological polar surface area (TPSA) is 38.0 Å². The molecule has 0 saturated carbocycles. The first-order valence-electron chi connectivity index (χ1n) is 6.69. The van der Waals surface area contributed by atoms with Gasteiger partial charge in [-0.3, -0.25) is 11.3 Å². The molecule has 2 heteroatoms. The van der Waals surface area contributed by atoms with E-state index in [1.54, 1.807) is 0 Å². The fourth-order valence-corrected chi connectivity index (χ4v) is 2.49. The summed E-state index contributed by atoms with van der Waals surface area (Å²) < 4.78 is 0. The smallest absolute Gasteiger partial charge is 0.0290 e. The fourth-order valence-electron chi connectivity index (χ4n) is 2.49. The van der Waals surface area contributed by atoms with Gasteiger partial charge < -0.3 is 0 Å². The lowest BCUT2D eigenvalue weighted by Gasteiger charge is -2.31. The van der Waals surface area contributed by atoms with Crippen LogP contribution in [0.5, 0.6) is 0 Å². The molecule has 0 spiro atoms. The van der Waals surface area contributed by atoms with E-state index in [0.717, 1.165) is 19.3 Å². The molecule has 0 radical (unpaired) electrons. The third-order valence-corrected chi connectivity index (χ3v) is 3.69. The van der Waals surface area contributed by atoms with Gasteiger partial charge in [-0.1, -0.05) is 50.6 Å². The van der Waals surface area contributed by atoms with Crippen molar-refractivity contribution in [3.8, 4) is 12.3 Å². The third-order valence-electron chi connectivity index (χ3n) is 3.69. The van der Waals surface area contributed by atoms with Crippen molar-refractivity contribution in [3.05, 3.63) is 35.9 Å². The third kappa shape index (κ3) is 3.87. The maximum absolute atomic E-state index is 5.73. The van der Waals surface area contributed by atoms with Crippen LogP contribution >= 0.6 is 0 Å². The van der Waals surface area contributed by atoms with E-state index in [1.165, 1.54) is 5.56 Å². The Bertz CT molecular complexity index is 366. The lowest BCUT2D eigenvalue weighted by Crippen LogP contribution is -2.41. The van der Waals surface area contributed by atoms with Gasteiger partial charge in [0, 0.05) is 18.4 Å². The van der Waals surface area contributed by atoms with Gasteiger partial charge in [-0.2, -0.15) is 0 Å². The Morgan fingerprint density at radius 1 is 1.33 bits per heavy atom. The zero-order chi connectivity index (χ0) is 13.4. The number of benzene rings is 1. The molecule has 0 heterocycles. The van der Waals surface area contributed by atoms with Crippen LogP contribution in [0.3, 0.4) is 0 Å². The van der Waals surface area contributed by atoms with Crippen LogP contribution in [-0.2, 0) is 0 Å². The molecule has 0 aromatic heterocycles. The van der Waals surface area contributed by atoms with Crippen molar-refractivity contribution in [2.45, 2.75) is 45.1 Å². The molecule has 3 N–H and O–H groups in total. The van der Waals surface area contributed by atoms with Crippen molar-refractivity contribution < 1.29 is 0 Å². The molecular weight excluding hydrogens is 220 g/mol. The molecule has 0 aliphatic rings. The fraction of sp³-hybridized carbons (Fsp3) is 0.500. The minimum absolute atomic E-state index is 0.235. The molecule has 1 aromatic carbocycles. The van der Waals surface area contributed by atoms with Crippen LogP contribution in [0.15, 0.2) is 30.3 Å². The molecule has 0 saturated heterocycles. The summed E-state index contributed by atoms with van der Waals surface area (Å²) >= 11 is 0. The summed E-state index contributed by atoms with van der Waals surface area (Å²) in [6, 6.07) is 10.8. The average Bonchev–Trinajstić information content (AvgIpc) is 2.43. The minimum Gasteiger partial charge on any atom is -0.271 e. The van der Waals surface area contributed by atoms with Crippen LogP contribution in [0.2, 0.25) is 0 Å². The Morgan fingerprint density at radius 3 is 2.50 bits per heavy atom. The molecule has 18 heavy (non-hydrogen) atoms. The summed E-state index contributed by atoms with van der Waals surface area (Å²) in [5.74, 6) is 9.41. The standard InChI is InChI=1S/C16H24N2/c1-4-6-12-15(18-17)16(13(3)5-2)14-10-8-7-9-11-14/h1,7-11,13,15-16,18H,5-6,12,17H2,2-3H3. The van der Waals surface area contributed by atoms with Gasteiger partial charge >= 0.3 is 0 Å². The van der Waals surface area contributed by atoms with Crippen LogP contribution < -0.4 is 11.3 Å². The Morgan fingerprint density at radius 2 is 2.00 bits per heavy atom. The highest BCUT2D eigenvalue weighted by molar-refractivity contribution is 5.22. The molecular formula is C16H24N2. The quantitative estimate of drug-likeness (QED) is 0.439. The molecule has 0 aliphatic heterocycles. The Labute approximate surface area is 111 Å². The number of nitrogens with two attached hydrogens (primary N) is 1. The number of hydrazine groups is 1. The van der Waals surface area contributed by atoms with Crippen molar-refractivity contribution in [2.24, 2.45) is 11.8 Å². The van der Waals surface area contributed by atoms with Gasteiger partial charge in [-0.05, 0) is 17.9 Å². The van der Waals surface area contributed by atoms with Crippen LogP contribution in [0.4, 0.5) is 0 Å². The molecule has 0 bridgehead atoms. The van der Waals surface area contributed by atoms with Crippen LogP contribution in [-0.4, -0.2) is 6.04 Å². The first kappa shape index (κ1) is 14.8. The van der Waals surface area contributed by atoms with Gasteiger partial charge in [-0.25, -0.2) is 0 Å². The van der Waals surface area contributed by atoms with Crippen molar-refractivity contribution in [3.63, 3.8) is 0 Å². The van der Waals surface area contributed by atoms with E-state index in [9.17, 15) is 0 Å². The summed E-state index contributed by atoms with van der Waals surface area (Å²) in [6.07, 6.45) is 8.17. The van der Waals surface area contributed by atoms with E-state index in [-0.39, 0.29) is 6.04 Å². The molecule has 0 aliphatic carbocycles. The Balaban J connectivity index is 2.93. The summed E-state index contributed by atoms with van der Waals surface area (Å²) in [5.41, 5.74) is 4.29. The zero-order valence-electron chi connectivity index (χ0n) is 11.4. The molecule has 3 unspecified atom stereocenters. The number of terminal acetylenes is 1. The maximum Gasteiger partial charge on any atom is 0.0290 e. The van der Waals surface area contributed by atoms with Gasteiger partial charge in [0.05, 0.1) is 0 Å². The normalized spacial score (nSPS) is 15.7. The highest BCUT2D eigenvalue weighted by Crippen LogP contribution is 2.31. The van der Waals surface area contributed by atoms with E-state index >= 15 is 0 Å². The summed E-state index contributed by atoms with van der Waals surface area (Å²) in [7, 11) is 0. The number of hydrogen-bond donors (Lipinski definition) is 2. The second-order valence-electron chi connectivity index (χ2n) is 4.84. The molecule has 3 atom stereocenters. The van der Waals surface area contributed by atoms with Gasteiger partial charge in [0.25, 0.3) is 0 Å². The highest BCUT2D eigenvalue weighted by atomic mass is 15.2. The van der Waals surface area contributed by atoms with Gasteiger partial charge in [0.1, 0.15) is 0 Å². The summed E-state index contributed by atoms with van der Waals surface area (Å²) in [6.45, 7) is 4.49. The van der Waals surface area contributed by atoms with Gasteiger partial charge in [-0.15, -0.1) is 12.3 Å². The van der Waals surface area contributed by atoms with Crippen molar-refractivity contribution in [1.82, 2.24) is 5.43 Å². The predicted molar refractivity (Wildman–Crippen MR) is 77.8 cm³/mol. The minimum atomic E-state index is 0.235. The van der Waals surface area contributed by atoms with E-state index < -0.39 is 0 Å². The molecule has 1 rings (SSSR count). The van der Waals surface area contributed by atoms with Gasteiger partial charge in [0.2, 0.25) is 0 Å². The lowest BCUT2D eigenvalue weighted by atomic mass is 9.79. The maximum atomic E-state index is 5.73. The zero-order valence-corrected chi connectivity index (χ0v) is 11.4. The van der Waals surface area contributed by atoms with Crippen LogP contribution in [0.1, 0.15) is 44.6 Å². The summed E-state index contributed by atoms with van der Waals surface area (Å²) in [4.78, 5) is 0. The van der Waals surface area contributed by atoms with E-state index in [2.05, 4.69) is 49.5 Å². The molecule has 2 nitrogen and oxygen atoms in total. The first-order valence-corrected chi connectivity index (χ1v) is 6.69. The van der Waals surface area contributed by atoms with Gasteiger partial charge in [0.15, 0.2) is 0 Å². The second-order valence-corrected chi connectivity index (χ2v) is 4.84. The Kier molecular flexibility index (Phi) is 6.49. The average molecular weight is 244 g/mol. The van der Waals surface area contributed by atoms with E-state index in [1.807, 2.05) is 6.07 Å². The highest BCUT2D eigenvalue weighted by Gasteiger charge is 2.26. The summed E-state index contributed by atoms with van der Waals surface area (Å²) in [5, 5.41) is 0. The van der Waals surface area contributed by atoms with Crippen molar-refractivity contribution >= 4 is 0 Å². The largest absolute Gasteiger partial charge is 0.271 e. The van der Waals surface area contributed by atoms with Crippen molar-refractivity contribution in [2.75, 3.05) is 0 Å². The van der Waals surface area contributed by atoms with Crippen LogP contribution in [0.25, 0.3) is 0 Å². The number of nitrogens with one attached hydrogen (secondary N) is 1. The van der Waals surface area contributed by atoms with Crippen LogP contribution in [0, 0.1) is 18.3 Å². The van der Waals surface area contributed by atoms with E-state index in [0.29, 0.717) is 11.8 Å².